The lowest BCUT2D eigenvalue weighted by Gasteiger charge is -2.38. The second-order valence-electron chi connectivity index (χ2n) is 9.72. The van der Waals surface area contributed by atoms with Crippen molar-refractivity contribution >= 4 is 23.0 Å². The molecule has 2 aliphatic rings. The number of likely N-dealkylation sites (tertiary alicyclic amines) is 1. The summed E-state index contributed by atoms with van der Waals surface area (Å²) in [6.45, 7) is 3.71. The second-order valence-corrected chi connectivity index (χ2v) is 9.72. The predicted octanol–water partition coefficient (Wildman–Crippen LogP) is 4.35. The van der Waals surface area contributed by atoms with Crippen LogP contribution in [0.5, 0.6) is 5.75 Å². The molecule has 3 aromatic rings. The first-order valence-corrected chi connectivity index (χ1v) is 12.7. The summed E-state index contributed by atoms with van der Waals surface area (Å²) in [7, 11) is 1.67. The molecule has 2 N–H and O–H groups in total. The molecule has 1 unspecified atom stereocenters. The van der Waals surface area contributed by atoms with Gasteiger partial charge in [-0.15, -0.1) is 0 Å². The van der Waals surface area contributed by atoms with Gasteiger partial charge in [0.15, 0.2) is 5.76 Å². The first-order chi connectivity index (χ1) is 17.5. The van der Waals surface area contributed by atoms with E-state index in [-0.39, 0.29) is 17.8 Å². The van der Waals surface area contributed by atoms with E-state index in [0.717, 1.165) is 61.3 Å². The maximum Gasteiger partial charge on any atom is 0.287 e. The van der Waals surface area contributed by atoms with E-state index in [4.69, 9.17) is 13.9 Å². The van der Waals surface area contributed by atoms with Crippen molar-refractivity contribution in [3.63, 3.8) is 0 Å². The number of aliphatic hydroxyl groups is 1. The fraction of sp³-hybridized carbons (Fsp3) is 0.414. The number of ether oxygens (including phenoxy) is 2. The maximum atomic E-state index is 12.5. The highest BCUT2D eigenvalue weighted by molar-refractivity contribution is 5.96. The Balaban J connectivity index is 1.16. The van der Waals surface area contributed by atoms with Crippen LogP contribution in [-0.2, 0) is 10.3 Å². The van der Waals surface area contributed by atoms with Gasteiger partial charge in [-0.25, -0.2) is 0 Å². The van der Waals surface area contributed by atoms with Crippen molar-refractivity contribution < 1.29 is 23.8 Å². The molecule has 0 saturated carbocycles. The van der Waals surface area contributed by atoms with Crippen LogP contribution in [0.1, 0.15) is 47.4 Å². The largest absolute Gasteiger partial charge is 0.497 e. The highest BCUT2D eigenvalue weighted by atomic mass is 16.5. The normalized spacial score (nSPS) is 20.2. The molecular formula is C29H34N2O5. The van der Waals surface area contributed by atoms with Gasteiger partial charge in [0.25, 0.3) is 5.91 Å². The highest BCUT2D eigenvalue weighted by Crippen LogP contribution is 2.35. The molecule has 2 aliphatic heterocycles. The van der Waals surface area contributed by atoms with Crippen LogP contribution in [0.3, 0.4) is 0 Å². The third-order valence-electron chi connectivity index (χ3n) is 7.26. The zero-order chi connectivity index (χ0) is 25.0. The van der Waals surface area contributed by atoms with Gasteiger partial charge < -0.3 is 24.3 Å². The van der Waals surface area contributed by atoms with Crippen molar-refractivity contribution in [2.75, 3.05) is 39.9 Å². The summed E-state index contributed by atoms with van der Waals surface area (Å²) in [6.07, 6.45) is 7.68. The number of carbonyl (C=O) groups is 1. The van der Waals surface area contributed by atoms with E-state index in [9.17, 15) is 9.90 Å². The van der Waals surface area contributed by atoms with Crippen LogP contribution in [0.25, 0.3) is 17.0 Å². The zero-order valence-corrected chi connectivity index (χ0v) is 20.7. The Morgan fingerprint density at radius 3 is 2.72 bits per heavy atom. The van der Waals surface area contributed by atoms with Crippen molar-refractivity contribution in [1.82, 2.24) is 10.2 Å². The molecule has 2 saturated heterocycles. The Morgan fingerprint density at radius 2 is 2.00 bits per heavy atom. The second kappa shape index (κ2) is 10.9. The van der Waals surface area contributed by atoms with Crippen LogP contribution in [0, 0.1) is 0 Å². The molecule has 1 amide bonds. The van der Waals surface area contributed by atoms with E-state index < -0.39 is 5.60 Å². The Labute approximate surface area is 211 Å². The fourth-order valence-corrected chi connectivity index (χ4v) is 4.99. The van der Waals surface area contributed by atoms with Gasteiger partial charge in [0.05, 0.1) is 18.8 Å². The molecule has 0 bridgehead atoms. The lowest BCUT2D eigenvalue weighted by Crippen LogP contribution is -2.42. The predicted molar refractivity (Wildman–Crippen MR) is 139 cm³/mol. The SMILES string of the molecule is COc1ccc(C=CCN2CCC(O)(c3ccc4oc(C(=O)NCC5CCCO5)cc4c3)CC2)cc1. The molecule has 5 rings (SSSR count). The van der Waals surface area contributed by atoms with E-state index in [1.165, 1.54) is 0 Å². The number of fused-ring (bicyclic) bond motifs is 1. The first kappa shape index (κ1) is 24.6. The van der Waals surface area contributed by atoms with Gasteiger partial charge in [0.2, 0.25) is 0 Å². The lowest BCUT2D eigenvalue weighted by atomic mass is 9.84. The number of nitrogens with zero attached hydrogens (tertiary/aromatic N) is 1. The fourth-order valence-electron chi connectivity index (χ4n) is 4.99. The number of carbonyl (C=O) groups excluding carboxylic acids is 1. The van der Waals surface area contributed by atoms with Crippen molar-refractivity contribution in [2.24, 2.45) is 0 Å². The molecule has 0 radical (unpaired) electrons. The number of piperidine rings is 1. The van der Waals surface area contributed by atoms with Crippen molar-refractivity contribution in [3.05, 3.63) is 71.5 Å². The summed E-state index contributed by atoms with van der Waals surface area (Å²) in [6, 6.07) is 15.5. The maximum absolute atomic E-state index is 12.5. The van der Waals surface area contributed by atoms with Crippen molar-refractivity contribution in [1.29, 1.82) is 0 Å². The van der Waals surface area contributed by atoms with Crippen molar-refractivity contribution in [2.45, 2.75) is 37.4 Å². The minimum absolute atomic E-state index is 0.0861. The minimum Gasteiger partial charge on any atom is -0.497 e. The Kier molecular flexibility index (Phi) is 7.41. The average Bonchev–Trinajstić information content (AvgIpc) is 3.58. The van der Waals surface area contributed by atoms with E-state index >= 15 is 0 Å². The molecule has 2 fully saturated rings. The number of hydrogen-bond donors (Lipinski definition) is 2. The first-order valence-electron chi connectivity index (χ1n) is 12.7. The minimum atomic E-state index is -0.885. The molecule has 36 heavy (non-hydrogen) atoms. The summed E-state index contributed by atoms with van der Waals surface area (Å²) in [5, 5.41) is 15.1. The van der Waals surface area contributed by atoms with Gasteiger partial charge >= 0.3 is 0 Å². The van der Waals surface area contributed by atoms with Crippen LogP contribution < -0.4 is 10.1 Å². The van der Waals surface area contributed by atoms with Crippen LogP contribution in [-0.4, -0.2) is 61.9 Å². The van der Waals surface area contributed by atoms with Gasteiger partial charge in [-0.05, 0) is 67.1 Å². The summed E-state index contributed by atoms with van der Waals surface area (Å²) >= 11 is 0. The molecule has 1 aromatic heterocycles. The quantitative estimate of drug-likeness (QED) is 0.489. The van der Waals surface area contributed by atoms with Gasteiger partial charge in [-0.1, -0.05) is 30.4 Å². The summed E-state index contributed by atoms with van der Waals surface area (Å²) < 4.78 is 16.5. The van der Waals surface area contributed by atoms with Crippen molar-refractivity contribution in [3.8, 4) is 5.75 Å². The molecular weight excluding hydrogens is 456 g/mol. The number of nitrogens with one attached hydrogen (secondary N) is 1. The van der Waals surface area contributed by atoms with Gasteiger partial charge in [0.1, 0.15) is 11.3 Å². The standard InChI is InChI=1S/C29H34N2O5/c1-34-24-9-6-21(7-10-24)4-2-14-31-15-12-29(33,13-16-31)23-8-11-26-22(18-23)19-27(36-26)28(32)30-20-25-5-3-17-35-25/h2,4,6-11,18-19,25,33H,3,5,12-17,20H2,1H3,(H,30,32). The molecule has 2 aromatic carbocycles. The summed E-state index contributed by atoms with van der Waals surface area (Å²) in [5.41, 5.74) is 1.77. The highest BCUT2D eigenvalue weighted by Gasteiger charge is 2.34. The topological polar surface area (TPSA) is 84.2 Å². The number of methoxy groups -OCH3 is 1. The number of amides is 1. The van der Waals surface area contributed by atoms with E-state index in [1.807, 2.05) is 42.5 Å². The number of rotatable bonds is 8. The molecule has 0 aliphatic carbocycles. The smallest absolute Gasteiger partial charge is 0.287 e. The Morgan fingerprint density at radius 1 is 1.19 bits per heavy atom. The Bertz CT molecular complexity index is 1200. The average molecular weight is 491 g/mol. The third-order valence-corrected chi connectivity index (χ3v) is 7.26. The van der Waals surface area contributed by atoms with Gasteiger partial charge in [-0.3, -0.25) is 9.69 Å². The molecule has 7 heteroatoms. The monoisotopic (exact) mass is 490 g/mol. The molecule has 3 heterocycles. The van der Waals surface area contributed by atoms with Gasteiger partial charge in [0, 0.05) is 38.2 Å². The lowest BCUT2D eigenvalue weighted by molar-refractivity contribution is -0.0232. The number of hydrogen-bond acceptors (Lipinski definition) is 6. The number of benzene rings is 2. The Hall–Kier alpha value is -3.13. The van der Waals surface area contributed by atoms with E-state index in [1.54, 1.807) is 13.2 Å². The molecule has 190 valence electrons. The van der Waals surface area contributed by atoms with Gasteiger partial charge in [-0.2, -0.15) is 0 Å². The summed E-state index contributed by atoms with van der Waals surface area (Å²) in [4.78, 5) is 14.9. The number of furan rings is 1. The van der Waals surface area contributed by atoms with Crippen LogP contribution in [0.15, 0.2) is 59.0 Å². The molecule has 7 nitrogen and oxygen atoms in total. The molecule has 0 spiro atoms. The van der Waals surface area contributed by atoms with Crippen LogP contribution in [0.2, 0.25) is 0 Å². The van der Waals surface area contributed by atoms with E-state index in [0.29, 0.717) is 25.0 Å². The molecule has 1 atom stereocenters. The zero-order valence-electron chi connectivity index (χ0n) is 20.7. The third kappa shape index (κ3) is 5.64. The van der Waals surface area contributed by atoms with Crippen LogP contribution in [0.4, 0.5) is 0 Å². The van der Waals surface area contributed by atoms with Crippen LogP contribution >= 0.6 is 0 Å². The summed E-state index contributed by atoms with van der Waals surface area (Å²) in [5.74, 6) is 0.897. The van der Waals surface area contributed by atoms with E-state index in [2.05, 4.69) is 22.4 Å².